The predicted octanol–water partition coefficient (Wildman–Crippen LogP) is 2.26. The van der Waals surface area contributed by atoms with E-state index < -0.39 is 0 Å². The summed E-state index contributed by atoms with van der Waals surface area (Å²) in [6.07, 6.45) is 1.37. The van der Waals surface area contributed by atoms with Crippen molar-refractivity contribution >= 4 is 5.91 Å². The Bertz CT molecular complexity index is 1380. The number of nitrogens with zero attached hydrogens (tertiary/aromatic N) is 4. The van der Waals surface area contributed by atoms with Crippen molar-refractivity contribution < 1.29 is 4.79 Å². The van der Waals surface area contributed by atoms with Gasteiger partial charge in [0.05, 0.1) is 24.3 Å². The van der Waals surface area contributed by atoms with Gasteiger partial charge in [-0.3, -0.25) is 19.0 Å². The van der Waals surface area contributed by atoms with E-state index in [-0.39, 0.29) is 36.7 Å². The third-order valence-corrected chi connectivity index (χ3v) is 5.12. The van der Waals surface area contributed by atoms with Crippen LogP contribution < -0.4 is 16.4 Å². The summed E-state index contributed by atoms with van der Waals surface area (Å²) < 4.78 is 2.56. The summed E-state index contributed by atoms with van der Waals surface area (Å²) in [5, 5.41) is 7.09. The number of benzene rings is 2. The molecule has 0 spiro atoms. The molecule has 0 unspecified atom stereocenters. The summed E-state index contributed by atoms with van der Waals surface area (Å²) in [6.45, 7) is 2.24. The topological polar surface area (TPSA) is 98.9 Å². The Hall–Kier alpha value is -4.33. The average molecular weight is 441 g/mol. The quantitative estimate of drug-likeness (QED) is 0.474. The van der Waals surface area contributed by atoms with E-state index in [2.05, 4.69) is 15.4 Å². The number of aromatic nitrogens is 4. The molecule has 0 aliphatic heterocycles. The molecule has 0 radical (unpaired) electrons. The van der Waals surface area contributed by atoms with Crippen molar-refractivity contribution in [3.05, 3.63) is 105 Å². The zero-order chi connectivity index (χ0) is 23.2. The number of nitrogens with one attached hydrogen (secondary N) is 1. The molecule has 0 saturated carbocycles. The molecule has 0 saturated heterocycles. The molecule has 4 aromatic rings. The van der Waals surface area contributed by atoms with Gasteiger partial charge in [-0.15, -0.1) is 0 Å². The average Bonchev–Trinajstić information content (AvgIpc) is 2.83. The Kier molecular flexibility index (Phi) is 6.54. The molecule has 0 atom stereocenters. The van der Waals surface area contributed by atoms with Gasteiger partial charge < -0.3 is 5.32 Å². The van der Waals surface area contributed by atoms with Gasteiger partial charge in [0.1, 0.15) is 6.54 Å². The maximum Gasteiger partial charge on any atom is 0.266 e. The van der Waals surface area contributed by atoms with E-state index in [1.807, 2.05) is 61.5 Å². The SMILES string of the molecule is Cc1ccc(-c2cc(=O)n(CC(=O)NCCn3nc(-c4ccccc4)ccc3=O)cn2)cc1. The van der Waals surface area contributed by atoms with Crippen LogP contribution in [0.3, 0.4) is 0 Å². The van der Waals surface area contributed by atoms with E-state index in [1.54, 1.807) is 6.07 Å². The molecule has 166 valence electrons. The normalized spacial score (nSPS) is 10.7. The molecule has 0 fully saturated rings. The Balaban J connectivity index is 1.36. The fourth-order valence-electron chi connectivity index (χ4n) is 3.31. The molecule has 8 nitrogen and oxygen atoms in total. The van der Waals surface area contributed by atoms with Gasteiger partial charge in [-0.1, -0.05) is 60.2 Å². The van der Waals surface area contributed by atoms with Crippen LogP contribution in [0.25, 0.3) is 22.5 Å². The molecule has 2 aromatic heterocycles. The summed E-state index contributed by atoms with van der Waals surface area (Å²) in [6, 6.07) is 21.8. The van der Waals surface area contributed by atoms with Gasteiger partial charge in [-0.25, -0.2) is 9.67 Å². The number of hydrogen-bond acceptors (Lipinski definition) is 5. The number of carbonyl (C=O) groups excluding carboxylic acids is 1. The lowest BCUT2D eigenvalue weighted by atomic mass is 10.1. The van der Waals surface area contributed by atoms with E-state index >= 15 is 0 Å². The van der Waals surface area contributed by atoms with Crippen LogP contribution in [0, 0.1) is 6.92 Å². The van der Waals surface area contributed by atoms with Crippen LogP contribution >= 0.6 is 0 Å². The maximum atomic E-state index is 12.4. The van der Waals surface area contributed by atoms with Crippen molar-refractivity contribution in [2.45, 2.75) is 20.0 Å². The van der Waals surface area contributed by atoms with E-state index in [1.165, 1.54) is 27.7 Å². The van der Waals surface area contributed by atoms with E-state index in [9.17, 15) is 14.4 Å². The van der Waals surface area contributed by atoms with Crippen LogP contribution in [-0.2, 0) is 17.9 Å². The standard InChI is InChI=1S/C25H23N5O3/c1-18-7-9-20(10-8-18)22-15-25(33)29(17-27-22)16-23(31)26-13-14-30-24(32)12-11-21(28-30)19-5-3-2-4-6-19/h2-12,15,17H,13-14,16H2,1H3,(H,26,31). The zero-order valence-electron chi connectivity index (χ0n) is 18.1. The van der Waals surface area contributed by atoms with Crippen molar-refractivity contribution in [2.75, 3.05) is 6.54 Å². The highest BCUT2D eigenvalue weighted by Crippen LogP contribution is 2.15. The van der Waals surface area contributed by atoms with Crippen molar-refractivity contribution in [3.63, 3.8) is 0 Å². The number of amides is 1. The minimum Gasteiger partial charge on any atom is -0.353 e. The molecule has 2 aromatic carbocycles. The lowest BCUT2D eigenvalue weighted by molar-refractivity contribution is -0.121. The highest BCUT2D eigenvalue weighted by atomic mass is 16.2. The van der Waals surface area contributed by atoms with Gasteiger partial charge in [-0.05, 0) is 13.0 Å². The van der Waals surface area contributed by atoms with Crippen LogP contribution in [0.2, 0.25) is 0 Å². The number of rotatable bonds is 7. The largest absolute Gasteiger partial charge is 0.353 e. The minimum atomic E-state index is -0.353. The number of carbonyl (C=O) groups is 1. The Morgan fingerprint density at radius 2 is 1.61 bits per heavy atom. The van der Waals surface area contributed by atoms with Crippen molar-refractivity contribution in [1.29, 1.82) is 0 Å². The van der Waals surface area contributed by atoms with Gasteiger partial charge in [0.15, 0.2) is 0 Å². The minimum absolute atomic E-state index is 0.160. The van der Waals surface area contributed by atoms with Crippen molar-refractivity contribution in [1.82, 2.24) is 24.6 Å². The second-order valence-electron chi connectivity index (χ2n) is 7.60. The van der Waals surface area contributed by atoms with Crippen LogP contribution in [0.15, 0.2) is 88.7 Å². The lowest BCUT2D eigenvalue weighted by Crippen LogP contribution is -2.35. The third-order valence-electron chi connectivity index (χ3n) is 5.12. The molecule has 0 aliphatic rings. The molecule has 1 N–H and O–H groups in total. The van der Waals surface area contributed by atoms with Crippen molar-refractivity contribution in [2.24, 2.45) is 0 Å². The first-order valence-electron chi connectivity index (χ1n) is 10.5. The van der Waals surface area contributed by atoms with Gasteiger partial charge in [-0.2, -0.15) is 5.10 Å². The summed E-state index contributed by atoms with van der Waals surface area (Å²) in [7, 11) is 0. The fraction of sp³-hybridized carbons (Fsp3) is 0.160. The zero-order valence-corrected chi connectivity index (χ0v) is 18.1. The summed E-state index contributed by atoms with van der Waals surface area (Å²) in [5.74, 6) is -0.353. The lowest BCUT2D eigenvalue weighted by Gasteiger charge is -2.10. The van der Waals surface area contributed by atoms with Gasteiger partial charge in [0.2, 0.25) is 5.91 Å². The van der Waals surface area contributed by atoms with E-state index in [0.29, 0.717) is 11.4 Å². The number of aryl methyl sites for hydroxylation is 1. The molecule has 0 bridgehead atoms. The molecular weight excluding hydrogens is 418 g/mol. The molecular formula is C25H23N5O3. The monoisotopic (exact) mass is 441 g/mol. The van der Waals surface area contributed by atoms with Crippen LogP contribution in [0.1, 0.15) is 5.56 Å². The Morgan fingerprint density at radius 3 is 2.33 bits per heavy atom. The van der Waals surface area contributed by atoms with Gasteiger partial charge >= 0.3 is 0 Å². The highest BCUT2D eigenvalue weighted by Gasteiger charge is 2.08. The molecule has 2 heterocycles. The molecule has 4 rings (SSSR count). The Morgan fingerprint density at radius 1 is 0.879 bits per heavy atom. The fourth-order valence-corrected chi connectivity index (χ4v) is 3.31. The van der Waals surface area contributed by atoms with Crippen LogP contribution in [0.4, 0.5) is 0 Å². The summed E-state index contributed by atoms with van der Waals surface area (Å²) >= 11 is 0. The molecule has 0 aliphatic carbocycles. The first-order chi connectivity index (χ1) is 16.0. The second kappa shape index (κ2) is 9.86. The Labute approximate surface area is 190 Å². The van der Waals surface area contributed by atoms with Crippen LogP contribution in [-0.4, -0.2) is 31.8 Å². The van der Waals surface area contributed by atoms with Crippen molar-refractivity contribution in [3.8, 4) is 22.5 Å². The molecule has 8 heteroatoms. The number of hydrogen-bond donors (Lipinski definition) is 1. The van der Waals surface area contributed by atoms with Gasteiger partial charge in [0.25, 0.3) is 11.1 Å². The predicted molar refractivity (Wildman–Crippen MR) is 126 cm³/mol. The third kappa shape index (κ3) is 5.48. The van der Waals surface area contributed by atoms with Gasteiger partial charge in [0, 0.05) is 29.8 Å². The molecule has 1 amide bonds. The van der Waals surface area contributed by atoms with E-state index in [0.717, 1.165) is 16.7 Å². The summed E-state index contributed by atoms with van der Waals surface area (Å²) in [5.41, 5.74) is 3.52. The smallest absolute Gasteiger partial charge is 0.266 e. The first-order valence-corrected chi connectivity index (χ1v) is 10.5. The highest BCUT2D eigenvalue weighted by molar-refractivity contribution is 5.75. The maximum absolute atomic E-state index is 12.4. The first kappa shape index (κ1) is 21.9. The summed E-state index contributed by atoms with van der Waals surface area (Å²) in [4.78, 5) is 41.1. The second-order valence-corrected chi connectivity index (χ2v) is 7.60. The molecule has 33 heavy (non-hydrogen) atoms. The van der Waals surface area contributed by atoms with Crippen LogP contribution in [0.5, 0.6) is 0 Å². The van der Waals surface area contributed by atoms with E-state index in [4.69, 9.17) is 0 Å².